The number of benzene rings is 2. The lowest BCUT2D eigenvalue weighted by Gasteiger charge is -2.06. The van der Waals surface area contributed by atoms with Crippen LogP contribution in [0.25, 0.3) is 11.3 Å². The van der Waals surface area contributed by atoms with Gasteiger partial charge in [-0.2, -0.15) is 0 Å². The Balaban J connectivity index is 1.78. The Kier molecular flexibility index (Phi) is 4.21. The standard InChI is InChI=1S/C16H12N4O3S/c17-16-19-14(9-24-16)11-2-1-3-12(8-11)18-15(21)10-4-6-13(7-5-10)20(22)23/h1-9H,(H2,17,19)(H,18,21). The summed E-state index contributed by atoms with van der Waals surface area (Å²) >= 11 is 1.34. The highest BCUT2D eigenvalue weighted by Crippen LogP contribution is 2.25. The molecule has 0 aliphatic carbocycles. The molecule has 0 unspecified atom stereocenters. The lowest BCUT2D eigenvalue weighted by molar-refractivity contribution is -0.384. The molecule has 0 atom stereocenters. The number of nitrogens with one attached hydrogen (secondary N) is 1. The number of hydrogen-bond acceptors (Lipinski definition) is 6. The fourth-order valence-electron chi connectivity index (χ4n) is 2.11. The highest BCUT2D eigenvalue weighted by Gasteiger charge is 2.10. The summed E-state index contributed by atoms with van der Waals surface area (Å²) in [6, 6.07) is 12.6. The van der Waals surface area contributed by atoms with Crippen LogP contribution in [0.1, 0.15) is 10.4 Å². The Hall–Kier alpha value is -3.26. The first kappa shape index (κ1) is 15.6. The van der Waals surface area contributed by atoms with Crippen molar-refractivity contribution < 1.29 is 9.72 Å². The average Bonchev–Trinajstić information content (AvgIpc) is 3.02. The Morgan fingerprint density at radius 1 is 1.21 bits per heavy atom. The second-order valence-electron chi connectivity index (χ2n) is 4.91. The molecular weight excluding hydrogens is 328 g/mol. The summed E-state index contributed by atoms with van der Waals surface area (Å²) in [6.07, 6.45) is 0. The van der Waals surface area contributed by atoms with E-state index in [0.29, 0.717) is 16.4 Å². The van der Waals surface area contributed by atoms with E-state index < -0.39 is 4.92 Å². The summed E-state index contributed by atoms with van der Waals surface area (Å²) in [5.74, 6) is -0.347. The van der Waals surface area contributed by atoms with E-state index in [4.69, 9.17) is 5.73 Å². The van der Waals surface area contributed by atoms with Gasteiger partial charge < -0.3 is 11.1 Å². The number of amides is 1. The molecule has 0 radical (unpaired) electrons. The number of anilines is 2. The first-order valence-corrected chi connectivity index (χ1v) is 7.78. The highest BCUT2D eigenvalue weighted by atomic mass is 32.1. The number of aromatic nitrogens is 1. The average molecular weight is 340 g/mol. The zero-order valence-corrected chi connectivity index (χ0v) is 13.1. The lowest BCUT2D eigenvalue weighted by atomic mass is 10.1. The molecular formula is C16H12N4O3S. The van der Waals surface area contributed by atoms with Gasteiger partial charge in [0.2, 0.25) is 0 Å². The van der Waals surface area contributed by atoms with E-state index in [1.807, 2.05) is 11.4 Å². The molecule has 0 aliphatic rings. The van der Waals surface area contributed by atoms with Gasteiger partial charge in [-0.05, 0) is 24.3 Å². The monoisotopic (exact) mass is 340 g/mol. The largest absolute Gasteiger partial charge is 0.375 e. The van der Waals surface area contributed by atoms with Gasteiger partial charge in [-0.25, -0.2) is 4.98 Å². The van der Waals surface area contributed by atoms with Crippen molar-refractivity contribution in [2.24, 2.45) is 0 Å². The Bertz CT molecular complexity index is 906. The molecule has 3 aromatic rings. The zero-order chi connectivity index (χ0) is 17.1. The molecule has 0 bridgehead atoms. The number of rotatable bonds is 4. The number of carbonyl (C=O) groups is 1. The number of nitrogens with two attached hydrogens (primary N) is 1. The van der Waals surface area contributed by atoms with Crippen molar-refractivity contribution in [1.82, 2.24) is 4.98 Å². The fourth-order valence-corrected chi connectivity index (χ4v) is 2.69. The quantitative estimate of drug-likeness (QED) is 0.557. The molecule has 8 heteroatoms. The van der Waals surface area contributed by atoms with Crippen molar-refractivity contribution >= 4 is 33.8 Å². The maximum atomic E-state index is 12.2. The number of hydrogen-bond donors (Lipinski definition) is 2. The van der Waals surface area contributed by atoms with E-state index in [0.717, 1.165) is 11.3 Å². The van der Waals surface area contributed by atoms with Crippen molar-refractivity contribution in [3.63, 3.8) is 0 Å². The SMILES string of the molecule is Nc1nc(-c2cccc(NC(=O)c3ccc([N+](=O)[O-])cc3)c2)cs1. The molecule has 0 saturated carbocycles. The third kappa shape index (κ3) is 3.39. The number of nitro groups is 1. The predicted octanol–water partition coefficient (Wildman–Crippen LogP) is 3.55. The number of thiazole rings is 1. The third-order valence-corrected chi connectivity index (χ3v) is 3.95. The molecule has 7 nitrogen and oxygen atoms in total. The molecule has 1 aromatic heterocycles. The van der Waals surface area contributed by atoms with Crippen LogP contribution in [0, 0.1) is 10.1 Å². The number of nitrogens with zero attached hydrogens (tertiary/aromatic N) is 2. The normalized spacial score (nSPS) is 10.3. The number of nitrogen functional groups attached to an aromatic ring is 1. The molecule has 0 fully saturated rings. The van der Waals surface area contributed by atoms with Gasteiger partial charge in [0, 0.05) is 34.3 Å². The first-order valence-electron chi connectivity index (χ1n) is 6.90. The van der Waals surface area contributed by atoms with Crippen LogP contribution in [0.15, 0.2) is 53.9 Å². The van der Waals surface area contributed by atoms with Crippen molar-refractivity contribution in [2.75, 3.05) is 11.1 Å². The summed E-state index contributed by atoms with van der Waals surface area (Å²) in [4.78, 5) is 26.6. The summed E-state index contributed by atoms with van der Waals surface area (Å²) in [7, 11) is 0. The van der Waals surface area contributed by atoms with Crippen LogP contribution in [0.3, 0.4) is 0 Å². The number of nitro benzene ring substituents is 1. The van der Waals surface area contributed by atoms with E-state index in [-0.39, 0.29) is 11.6 Å². The van der Waals surface area contributed by atoms with Crippen molar-refractivity contribution in [3.8, 4) is 11.3 Å². The Labute approximate surface area is 140 Å². The van der Waals surface area contributed by atoms with Gasteiger partial charge in [0.15, 0.2) is 5.13 Å². The fraction of sp³-hybridized carbons (Fsp3) is 0. The van der Waals surface area contributed by atoms with Crippen molar-refractivity contribution in [2.45, 2.75) is 0 Å². The second-order valence-corrected chi connectivity index (χ2v) is 5.80. The van der Waals surface area contributed by atoms with Gasteiger partial charge in [-0.1, -0.05) is 12.1 Å². The smallest absolute Gasteiger partial charge is 0.269 e. The highest BCUT2D eigenvalue weighted by molar-refractivity contribution is 7.13. The summed E-state index contributed by atoms with van der Waals surface area (Å²) in [5.41, 5.74) is 8.09. The predicted molar refractivity (Wildman–Crippen MR) is 93.0 cm³/mol. The van der Waals surface area contributed by atoms with E-state index in [2.05, 4.69) is 10.3 Å². The maximum absolute atomic E-state index is 12.2. The molecule has 3 rings (SSSR count). The van der Waals surface area contributed by atoms with E-state index >= 15 is 0 Å². The van der Waals surface area contributed by atoms with E-state index in [9.17, 15) is 14.9 Å². The maximum Gasteiger partial charge on any atom is 0.269 e. The summed E-state index contributed by atoms with van der Waals surface area (Å²) < 4.78 is 0. The molecule has 0 saturated heterocycles. The van der Waals surface area contributed by atoms with E-state index in [1.165, 1.54) is 35.6 Å². The van der Waals surface area contributed by atoms with Crippen LogP contribution in [0.2, 0.25) is 0 Å². The van der Waals surface area contributed by atoms with Crippen LogP contribution < -0.4 is 11.1 Å². The molecule has 3 N–H and O–H groups in total. The second kappa shape index (κ2) is 6.47. The molecule has 120 valence electrons. The minimum Gasteiger partial charge on any atom is -0.375 e. The molecule has 1 heterocycles. The van der Waals surface area contributed by atoms with E-state index in [1.54, 1.807) is 18.2 Å². The molecule has 0 spiro atoms. The molecule has 2 aromatic carbocycles. The molecule has 24 heavy (non-hydrogen) atoms. The minimum atomic E-state index is -0.509. The van der Waals surface area contributed by atoms with Crippen molar-refractivity contribution in [3.05, 3.63) is 69.6 Å². The summed E-state index contributed by atoms with van der Waals surface area (Å²) in [6.45, 7) is 0. The Morgan fingerprint density at radius 2 is 1.96 bits per heavy atom. The van der Waals surface area contributed by atoms with Gasteiger partial charge >= 0.3 is 0 Å². The summed E-state index contributed by atoms with van der Waals surface area (Å²) in [5, 5.41) is 15.7. The van der Waals surface area contributed by atoms with Gasteiger partial charge in [-0.3, -0.25) is 14.9 Å². The van der Waals surface area contributed by atoms with Gasteiger partial charge in [0.05, 0.1) is 10.6 Å². The van der Waals surface area contributed by atoms with Gasteiger partial charge in [0.25, 0.3) is 11.6 Å². The van der Waals surface area contributed by atoms with Crippen LogP contribution in [-0.4, -0.2) is 15.8 Å². The van der Waals surface area contributed by atoms with Crippen LogP contribution in [0.5, 0.6) is 0 Å². The first-order chi connectivity index (χ1) is 11.5. The zero-order valence-electron chi connectivity index (χ0n) is 12.3. The minimum absolute atomic E-state index is 0.0605. The van der Waals surface area contributed by atoms with Crippen LogP contribution >= 0.6 is 11.3 Å². The van der Waals surface area contributed by atoms with Crippen LogP contribution in [-0.2, 0) is 0 Å². The molecule has 0 aliphatic heterocycles. The topological polar surface area (TPSA) is 111 Å². The number of non-ortho nitro benzene ring substituents is 1. The third-order valence-electron chi connectivity index (χ3n) is 3.28. The van der Waals surface area contributed by atoms with Crippen LogP contribution in [0.4, 0.5) is 16.5 Å². The molecule has 1 amide bonds. The van der Waals surface area contributed by atoms with Crippen molar-refractivity contribution in [1.29, 1.82) is 0 Å². The lowest BCUT2D eigenvalue weighted by Crippen LogP contribution is -2.11. The number of carbonyl (C=O) groups excluding carboxylic acids is 1. The van der Waals surface area contributed by atoms with Gasteiger partial charge in [0.1, 0.15) is 0 Å². The van der Waals surface area contributed by atoms with Gasteiger partial charge in [-0.15, -0.1) is 11.3 Å². The Morgan fingerprint density at radius 3 is 2.58 bits per heavy atom.